The van der Waals surface area contributed by atoms with Crippen LogP contribution in [0.15, 0.2) is 0 Å². The number of hydrogen-bond acceptors (Lipinski definition) is 3. The molecule has 0 aliphatic carbocycles. The maximum absolute atomic E-state index is 11.0. The molecule has 0 aliphatic rings. The van der Waals surface area contributed by atoms with Crippen molar-refractivity contribution < 1.29 is 14.7 Å². The predicted molar refractivity (Wildman–Crippen MR) is 57.5 cm³/mol. The number of hydrogen-bond donors (Lipinski definition) is 2. The van der Waals surface area contributed by atoms with Crippen LogP contribution in [0, 0.1) is 0 Å². The monoisotopic (exact) mass is 219 g/mol. The molecule has 0 radical (unpaired) electrons. The molecule has 82 valence electrons. The molecule has 0 heterocycles. The number of thioether (sulfide) groups is 1. The minimum absolute atomic E-state index is 0.0812. The Morgan fingerprint density at radius 3 is 2.57 bits per heavy atom. The second kappa shape index (κ2) is 8.87. The van der Waals surface area contributed by atoms with Crippen LogP contribution < -0.4 is 5.32 Å². The number of unbranched alkanes of at least 4 members (excludes halogenated alkanes) is 1. The Morgan fingerprint density at radius 2 is 2.00 bits per heavy atom. The number of carboxylic acids is 1. The van der Waals surface area contributed by atoms with Crippen LogP contribution in [0.1, 0.15) is 25.7 Å². The summed E-state index contributed by atoms with van der Waals surface area (Å²) >= 11 is 1.78. The summed E-state index contributed by atoms with van der Waals surface area (Å²) in [5, 5.41) is 11.0. The molecular weight excluding hydrogens is 202 g/mol. The van der Waals surface area contributed by atoms with Gasteiger partial charge < -0.3 is 10.4 Å². The van der Waals surface area contributed by atoms with E-state index in [9.17, 15) is 9.59 Å². The normalized spacial score (nSPS) is 9.79. The SMILES string of the molecule is CSCCCCNC(=O)CCC(=O)O. The van der Waals surface area contributed by atoms with Crippen LogP contribution in [0.2, 0.25) is 0 Å². The first-order chi connectivity index (χ1) is 6.66. The fourth-order valence-corrected chi connectivity index (χ4v) is 1.40. The minimum Gasteiger partial charge on any atom is -0.481 e. The number of amides is 1. The van der Waals surface area contributed by atoms with Gasteiger partial charge in [-0.3, -0.25) is 9.59 Å². The molecule has 0 aliphatic heterocycles. The molecule has 1 amide bonds. The largest absolute Gasteiger partial charge is 0.481 e. The van der Waals surface area contributed by atoms with E-state index in [1.54, 1.807) is 11.8 Å². The fourth-order valence-electron chi connectivity index (χ4n) is 0.908. The summed E-state index contributed by atoms with van der Waals surface area (Å²) < 4.78 is 0. The van der Waals surface area contributed by atoms with E-state index in [1.807, 2.05) is 6.26 Å². The van der Waals surface area contributed by atoms with Crippen LogP contribution >= 0.6 is 11.8 Å². The summed E-state index contributed by atoms with van der Waals surface area (Å²) in [5.74, 6) is 0.00411. The second-order valence-corrected chi connectivity index (χ2v) is 3.93. The molecule has 0 bridgehead atoms. The molecule has 4 nitrogen and oxygen atoms in total. The van der Waals surface area contributed by atoms with Crippen LogP contribution in [-0.4, -0.2) is 35.5 Å². The van der Waals surface area contributed by atoms with Crippen LogP contribution in [0.25, 0.3) is 0 Å². The first kappa shape index (κ1) is 13.3. The summed E-state index contributed by atoms with van der Waals surface area (Å²) in [6.07, 6.45) is 4.08. The quantitative estimate of drug-likeness (QED) is 0.600. The Balaban J connectivity index is 3.22. The molecule has 0 unspecified atom stereocenters. The molecule has 0 atom stereocenters. The fraction of sp³-hybridized carbons (Fsp3) is 0.778. The standard InChI is InChI=1S/C9H17NO3S/c1-14-7-3-2-6-10-8(11)4-5-9(12)13/h2-7H2,1H3,(H,10,11)(H,12,13). The predicted octanol–water partition coefficient (Wildman–Crippen LogP) is 1.11. The van der Waals surface area contributed by atoms with E-state index in [2.05, 4.69) is 5.32 Å². The van der Waals surface area contributed by atoms with E-state index in [-0.39, 0.29) is 18.7 Å². The second-order valence-electron chi connectivity index (χ2n) is 2.94. The van der Waals surface area contributed by atoms with Crippen molar-refractivity contribution in [3.63, 3.8) is 0 Å². The van der Waals surface area contributed by atoms with Crippen LogP contribution in [0.3, 0.4) is 0 Å². The zero-order valence-electron chi connectivity index (χ0n) is 8.41. The smallest absolute Gasteiger partial charge is 0.303 e. The Hall–Kier alpha value is -0.710. The lowest BCUT2D eigenvalue weighted by Crippen LogP contribution is -2.24. The molecule has 0 rings (SSSR count). The minimum atomic E-state index is -0.928. The third-order valence-corrected chi connectivity index (χ3v) is 2.36. The highest BCUT2D eigenvalue weighted by molar-refractivity contribution is 7.98. The highest BCUT2D eigenvalue weighted by Crippen LogP contribution is 1.98. The van der Waals surface area contributed by atoms with Crippen molar-refractivity contribution in [3.05, 3.63) is 0 Å². The lowest BCUT2D eigenvalue weighted by atomic mass is 10.3. The first-order valence-corrected chi connectivity index (χ1v) is 6.03. The lowest BCUT2D eigenvalue weighted by molar-refractivity contribution is -0.138. The van der Waals surface area contributed by atoms with Gasteiger partial charge in [0.15, 0.2) is 0 Å². The van der Waals surface area contributed by atoms with Crippen molar-refractivity contribution in [3.8, 4) is 0 Å². The number of carbonyl (C=O) groups excluding carboxylic acids is 1. The van der Waals surface area contributed by atoms with Crippen molar-refractivity contribution in [1.82, 2.24) is 5.32 Å². The molecule has 0 saturated heterocycles. The van der Waals surface area contributed by atoms with Gasteiger partial charge in [0.25, 0.3) is 0 Å². The van der Waals surface area contributed by atoms with Crippen LogP contribution in [-0.2, 0) is 9.59 Å². The van der Waals surface area contributed by atoms with Gasteiger partial charge in [-0.1, -0.05) is 0 Å². The van der Waals surface area contributed by atoms with E-state index in [1.165, 1.54) is 0 Å². The summed E-state index contributed by atoms with van der Waals surface area (Å²) in [6, 6.07) is 0. The molecule has 2 N–H and O–H groups in total. The van der Waals surface area contributed by atoms with Gasteiger partial charge in [0.05, 0.1) is 6.42 Å². The Labute approximate surface area is 88.4 Å². The molecule has 0 aromatic heterocycles. The average molecular weight is 219 g/mol. The number of aliphatic carboxylic acids is 1. The molecule has 14 heavy (non-hydrogen) atoms. The zero-order valence-corrected chi connectivity index (χ0v) is 9.23. The van der Waals surface area contributed by atoms with Crippen molar-refractivity contribution >= 4 is 23.6 Å². The molecule has 0 saturated carbocycles. The molecule has 0 aromatic rings. The number of carbonyl (C=O) groups is 2. The molecule has 0 fully saturated rings. The third kappa shape index (κ3) is 9.38. The maximum atomic E-state index is 11.0. The van der Waals surface area contributed by atoms with E-state index in [4.69, 9.17) is 5.11 Å². The Bertz CT molecular complexity index is 185. The van der Waals surface area contributed by atoms with Crippen LogP contribution in [0.4, 0.5) is 0 Å². The Kier molecular flexibility index (Phi) is 8.42. The zero-order chi connectivity index (χ0) is 10.8. The summed E-state index contributed by atoms with van der Waals surface area (Å²) in [7, 11) is 0. The van der Waals surface area contributed by atoms with E-state index in [0.29, 0.717) is 6.54 Å². The lowest BCUT2D eigenvalue weighted by Gasteiger charge is -2.03. The van der Waals surface area contributed by atoms with Crippen molar-refractivity contribution in [2.24, 2.45) is 0 Å². The topological polar surface area (TPSA) is 66.4 Å². The number of carboxylic acid groups (broad SMARTS) is 1. The van der Waals surface area contributed by atoms with Gasteiger partial charge in [0, 0.05) is 13.0 Å². The highest BCUT2D eigenvalue weighted by Gasteiger charge is 2.03. The van der Waals surface area contributed by atoms with Gasteiger partial charge in [-0.25, -0.2) is 0 Å². The van der Waals surface area contributed by atoms with Gasteiger partial charge in [-0.05, 0) is 24.9 Å². The van der Waals surface area contributed by atoms with Crippen molar-refractivity contribution in [2.75, 3.05) is 18.6 Å². The van der Waals surface area contributed by atoms with E-state index in [0.717, 1.165) is 18.6 Å². The number of nitrogens with one attached hydrogen (secondary N) is 1. The summed E-state index contributed by atoms with van der Waals surface area (Å²) in [5.41, 5.74) is 0. The average Bonchev–Trinajstić information content (AvgIpc) is 2.14. The van der Waals surface area contributed by atoms with Crippen LogP contribution in [0.5, 0.6) is 0 Å². The third-order valence-electron chi connectivity index (χ3n) is 1.66. The molecule has 0 spiro atoms. The van der Waals surface area contributed by atoms with Gasteiger partial charge in [0.1, 0.15) is 0 Å². The van der Waals surface area contributed by atoms with E-state index < -0.39 is 5.97 Å². The van der Waals surface area contributed by atoms with Crippen molar-refractivity contribution in [2.45, 2.75) is 25.7 Å². The molecular formula is C9H17NO3S. The van der Waals surface area contributed by atoms with Crippen molar-refractivity contribution in [1.29, 1.82) is 0 Å². The van der Waals surface area contributed by atoms with Gasteiger partial charge in [-0.15, -0.1) is 0 Å². The first-order valence-electron chi connectivity index (χ1n) is 4.64. The number of rotatable bonds is 8. The maximum Gasteiger partial charge on any atom is 0.303 e. The Morgan fingerprint density at radius 1 is 1.29 bits per heavy atom. The summed E-state index contributed by atoms with van der Waals surface area (Å²) in [6.45, 7) is 0.652. The van der Waals surface area contributed by atoms with E-state index >= 15 is 0 Å². The van der Waals surface area contributed by atoms with Gasteiger partial charge in [-0.2, -0.15) is 11.8 Å². The summed E-state index contributed by atoms with van der Waals surface area (Å²) in [4.78, 5) is 21.1. The van der Waals surface area contributed by atoms with Gasteiger partial charge >= 0.3 is 5.97 Å². The highest BCUT2D eigenvalue weighted by atomic mass is 32.2. The molecule has 5 heteroatoms. The molecule has 0 aromatic carbocycles. The van der Waals surface area contributed by atoms with Gasteiger partial charge in [0.2, 0.25) is 5.91 Å².